The zero-order valence-corrected chi connectivity index (χ0v) is 16.8. The van der Waals surface area contributed by atoms with Crippen LogP contribution in [0.5, 0.6) is 0 Å². The maximum Gasteiger partial charge on any atom is 0.410 e. The van der Waals surface area contributed by atoms with Crippen LogP contribution in [0.1, 0.15) is 33.5 Å². The Bertz CT molecular complexity index is 850. The van der Waals surface area contributed by atoms with Gasteiger partial charge in [0.2, 0.25) is 0 Å². The molecule has 152 valence electrons. The Balaban J connectivity index is 1.63. The van der Waals surface area contributed by atoms with Crippen LogP contribution < -0.4 is 4.90 Å². The molecule has 3 rings (SSSR count). The molecule has 0 radical (unpaired) electrons. The lowest BCUT2D eigenvalue weighted by atomic mass is 10.2. The van der Waals surface area contributed by atoms with Crippen LogP contribution in [-0.2, 0) is 20.7 Å². The number of hydrogen-bond donors (Lipinski definition) is 1. The van der Waals surface area contributed by atoms with Crippen LogP contribution >= 0.6 is 0 Å². The van der Waals surface area contributed by atoms with Crippen molar-refractivity contribution in [1.29, 1.82) is 0 Å². The molecule has 28 heavy (non-hydrogen) atoms. The fraction of sp³-hybridized carbons (Fsp3) is 0.579. The number of fused-ring (bicyclic) bond motifs is 1. The fourth-order valence-electron chi connectivity index (χ4n) is 2.99. The van der Waals surface area contributed by atoms with Crippen LogP contribution in [0.2, 0.25) is 0 Å². The van der Waals surface area contributed by atoms with Crippen LogP contribution in [0.25, 0.3) is 11.2 Å². The van der Waals surface area contributed by atoms with Crippen molar-refractivity contribution in [3.05, 3.63) is 18.0 Å². The van der Waals surface area contributed by atoms with Crippen molar-refractivity contribution in [3.8, 4) is 0 Å². The maximum atomic E-state index is 12.2. The van der Waals surface area contributed by atoms with Crippen molar-refractivity contribution in [1.82, 2.24) is 19.9 Å². The van der Waals surface area contributed by atoms with E-state index >= 15 is 0 Å². The SMILES string of the molecule is CCOC(=O)Cc1nc2nc(N3CCN(C(=O)OC(C)(C)C)CC3)ccc2[nH]1. The van der Waals surface area contributed by atoms with Crippen molar-refractivity contribution < 1.29 is 19.1 Å². The van der Waals surface area contributed by atoms with E-state index in [0.29, 0.717) is 44.3 Å². The summed E-state index contributed by atoms with van der Waals surface area (Å²) >= 11 is 0. The smallest absolute Gasteiger partial charge is 0.410 e. The van der Waals surface area contributed by atoms with Crippen LogP contribution in [0.4, 0.5) is 10.6 Å². The number of rotatable bonds is 4. The molecule has 0 aliphatic carbocycles. The molecule has 1 aliphatic rings. The Morgan fingerprint density at radius 3 is 2.50 bits per heavy atom. The Kier molecular flexibility index (Phi) is 5.71. The van der Waals surface area contributed by atoms with Gasteiger partial charge in [-0.2, -0.15) is 0 Å². The first-order valence-corrected chi connectivity index (χ1v) is 9.49. The third-order valence-corrected chi connectivity index (χ3v) is 4.25. The maximum absolute atomic E-state index is 12.2. The van der Waals surface area contributed by atoms with Crippen LogP contribution in [0.15, 0.2) is 12.1 Å². The zero-order chi connectivity index (χ0) is 20.3. The molecule has 9 heteroatoms. The number of carbonyl (C=O) groups is 2. The normalized spacial score (nSPS) is 15.0. The quantitative estimate of drug-likeness (QED) is 0.799. The number of H-pyrrole nitrogens is 1. The van der Waals surface area contributed by atoms with Gasteiger partial charge in [0, 0.05) is 26.2 Å². The number of aromatic amines is 1. The molecule has 0 bridgehead atoms. The first-order valence-electron chi connectivity index (χ1n) is 9.49. The molecule has 0 spiro atoms. The lowest BCUT2D eigenvalue weighted by Gasteiger charge is -2.36. The molecule has 1 fully saturated rings. The third-order valence-electron chi connectivity index (χ3n) is 4.25. The van der Waals surface area contributed by atoms with Crippen molar-refractivity contribution in [2.75, 3.05) is 37.7 Å². The molecule has 1 aliphatic heterocycles. The number of nitrogens with zero attached hydrogens (tertiary/aromatic N) is 4. The number of anilines is 1. The van der Waals surface area contributed by atoms with E-state index < -0.39 is 5.60 Å². The minimum absolute atomic E-state index is 0.0914. The van der Waals surface area contributed by atoms with E-state index in [1.165, 1.54) is 0 Å². The molecular formula is C19H27N5O4. The summed E-state index contributed by atoms with van der Waals surface area (Å²) in [6.45, 7) is 10.2. The second-order valence-electron chi connectivity index (χ2n) is 7.66. The van der Waals surface area contributed by atoms with E-state index in [9.17, 15) is 9.59 Å². The highest BCUT2D eigenvalue weighted by Gasteiger charge is 2.26. The highest BCUT2D eigenvalue weighted by Crippen LogP contribution is 2.19. The summed E-state index contributed by atoms with van der Waals surface area (Å²) in [4.78, 5) is 39.7. The molecule has 1 amide bonds. The highest BCUT2D eigenvalue weighted by atomic mass is 16.6. The third kappa shape index (κ3) is 4.90. The number of imidazole rings is 1. The van der Waals surface area contributed by atoms with Crippen molar-refractivity contribution in [3.63, 3.8) is 0 Å². The predicted molar refractivity (Wildman–Crippen MR) is 104 cm³/mol. The van der Waals surface area contributed by atoms with Gasteiger partial charge < -0.3 is 24.3 Å². The van der Waals surface area contributed by atoms with Gasteiger partial charge in [-0.05, 0) is 39.8 Å². The number of esters is 1. The van der Waals surface area contributed by atoms with Gasteiger partial charge in [0.1, 0.15) is 23.7 Å². The summed E-state index contributed by atoms with van der Waals surface area (Å²) in [5.41, 5.74) is 0.837. The Labute approximate surface area is 164 Å². The number of ether oxygens (including phenoxy) is 2. The molecule has 2 aromatic heterocycles. The summed E-state index contributed by atoms with van der Waals surface area (Å²) in [7, 11) is 0. The van der Waals surface area contributed by atoms with Crippen LogP contribution in [0, 0.1) is 0 Å². The molecule has 0 saturated carbocycles. The monoisotopic (exact) mass is 389 g/mol. The van der Waals surface area contributed by atoms with Gasteiger partial charge in [-0.25, -0.2) is 14.8 Å². The predicted octanol–water partition coefficient (Wildman–Crippen LogP) is 2.12. The second kappa shape index (κ2) is 8.04. The second-order valence-corrected chi connectivity index (χ2v) is 7.66. The summed E-state index contributed by atoms with van der Waals surface area (Å²) in [5, 5.41) is 0. The molecule has 0 unspecified atom stereocenters. The van der Waals surface area contributed by atoms with Crippen molar-refractivity contribution in [2.24, 2.45) is 0 Å². The van der Waals surface area contributed by atoms with Gasteiger partial charge in [-0.1, -0.05) is 0 Å². The molecule has 3 heterocycles. The molecule has 0 atom stereocenters. The topological polar surface area (TPSA) is 101 Å². The van der Waals surface area contributed by atoms with E-state index in [-0.39, 0.29) is 18.5 Å². The van der Waals surface area contributed by atoms with Crippen LogP contribution in [-0.4, -0.2) is 70.3 Å². The standard InChI is InChI=1S/C19H27N5O4/c1-5-27-16(25)12-14-20-13-6-7-15(22-17(13)21-14)23-8-10-24(11-9-23)18(26)28-19(2,3)4/h6-7H,5,8-12H2,1-4H3,(H,20,21,22). The zero-order valence-electron chi connectivity index (χ0n) is 16.8. The summed E-state index contributed by atoms with van der Waals surface area (Å²) in [5.74, 6) is 1.01. The molecule has 2 aromatic rings. The van der Waals surface area contributed by atoms with Crippen LogP contribution in [0.3, 0.4) is 0 Å². The van der Waals surface area contributed by atoms with Gasteiger partial charge in [0.05, 0.1) is 12.1 Å². The fourth-order valence-corrected chi connectivity index (χ4v) is 2.99. The largest absolute Gasteiger partial charge is 0.466 e. The van der Waals surface area contributed by atoms with Gasteiger partial charge in [0.15, 0.2) is 5.65 Å². The van der Waals surface area contributed by atoms with E-state index in [4.69, 9.17) is 9.47 Å². The van der Waals surface area contributed by atoms with E-state index in [1.54, 1.807) is 11.8 Å². The Morgan fingerprint density at radius 2 is 1.86 bits per heavy atom. The summed E-state index contributed by atoms with van der Waals surface area (Å²) in [6, 6.07) is 3.82. The summed E-state index contributed by atoms with van der Waals surface area (Å²) in [6.07, 6.45) is -0.194. The molecule has 1 N–H and O–H groups in total. The van der Waals surface area contributed by atoms with Gasteiger partial charge in [0.25, 0.3) is 0 Å². The lowest BCUT2D eigenvalue weighted by Crippen LogP contribution is -2.50. The first kappa shape index (κ1) is 19.9. The number of hydrogen-bond acceptors (Lipinski definition) is 7. The number of pyridine rings is 1. The molecule has 0 aromatic carbocycles. The lowest BCUT2D eigenvalue weighted by molar-refractivity contribution is -0.142. The molecule has 9 nitrogen and oxygen atoms in total. The van der Waals surface area contributed by atoms with E-state index in [1.807, 2.05) is 32.9 Å². The highest BCUT2D eigenvalue weighted by molar-refractivity contribution is 5.76. The number of nitrogens with one attached hydrogen (secondary N) is 1. The average molecular weight is 389 g/mol. The van der Waals surface area contributed by atoms with E-state index in [2.05, 4.69) is 19.9 Å². The number of piperazine rings is 1. The number of amides is 1. The van der Waals surface area contributed by atoms with E-state index in [0.717, 1.165) is 11.3 Å². The molecular weight excluding hydrogens is 362 g/mol. The van der Waals surface area contributed by atoms with Crippen molar-refractivity contribution >= 4 is 29.0 Å². The minimum Gasteiger partial charge on any atom is -0.466 e. The van der Waals surface area contributed by atoms with Gasteiger partial charge >= 0.3 is 12.1 Å². The first-order chi connectivity index (χ1) is 13.2. The average Bonchev–Trinajstić information content (AvgIpc) is 3.01. The Morgan fingerprint density at radius 1 is 1.14 bits per heavy atom. The molecule has 1 saturated heterocycles. The van der Waals surface area contributed by atoms with Gasteiger partial charge in [-0.15, -0.1) is 0 Å². The van der Waals surface area contributed by atoms with Gasteiger partial charge in [-0.3, -0.25) is 4.79 Å². The van der Waals surface area contributed by atoms with Crippen molar-refractivity contribution in [2.45, 2.75) is 39.7 Å². The summed E-state index contributed by atoms with van der Waals surface area (Å²) < 4.78 is 10.4. The number of aromatic nitrogens is 3. The number of carbonyl (C=O) groups excluding carboxylic acids is 2. The minimum atomic E-state index is -0.498. The Hall–Kier alpha value is -2.84.